The molecule has 1 saturated carbocycles. The fourth-order valence-corrected chi connectivity index (χ4v) is 5.31. The molecule has 4 heteroatoms. The lowest BCUT2D eigenvalue weighted by molar-refractivity contribution is 0.136. The van der Waals surface area contributed by atoms with Crippen LogP contribution in [0.1, 0.15) is 77.6 Å². The summed E-state index contributed by atoms with van der Waals surface area (Å²) in [6.07, 6.45) is 14.7. The van der Waals surface area contributed by atoms with E-state index < -0.39 is 0 Å². The second-order valence-corrected chi connectivity index (χ2v) is 9.06. The molecule has 1 aliphatic carbocycles. The van der Waals surface area contributed by atoms with Crippen molar-refractivity contribution < 1.29 is 0 Å². The highest BCUT2D eigenvalue weighted by Gasteiger charge is 2.31. The first kappa shape index (κ1) is 20.7. The van der Waals surface area contributed by atoms with Crippen molar-refractivity contribution in [3.63, 3.8) is 0 Å². The number of hydrogen-bond donors (Lipinski definition) is 1. The highest BCUT2D eigenvalue weighted by Crippen LogP contribution is 2.32. The minimum absolute atomic E-state index is 0.547. The normalized spacial score (nSPS) is 24.5. The molecule has 1 heterocycles. The van der Waals surface area contributed by atoms with E-state index in [1.165, 1.54) is 70.8 Å². The van der Waals surface area contributed by atoms with Gasteiger partial charge in [0.05, 0.1) is 11.4 Å². The Morgan fingerprint density at radius 3 is 2.56 bits per heavy atom. The van der Waals surface area contributed by atoms with Crippen molar-refractivity contribution in [3.8, 4) is 0 Å². The lowest BCUT2D eigenvalue weighted by Gasteiger charge is -2.35. The van der Waals surface area contributed by atoms with E-state index in [9.17, 15) is 0 Å². The summed E-state index contributed by atoms with van der Waals surface area (Å²) in [4.78, 5) is 7.40. The van der Waals surface area contributed by atoms with Crippen LogP contribution in [0.3, 0.4) is 0 Å². The van der Waals surface area contributed by atoms with Crippen LogP contribution in [-0.2, 0) is 0 Å². The number of benzene rings is 1. The van der Waals surface area contributed by atoms with Gasteiger partial charge in [-0.15, -0.1) is 0 Å². The van der Waals surface area contributed by atoms with Gasteiger partial charge >= 0.3 is 0 Å². The SMILES string of the molecule is CC(C/C(Cl)=N\c1ccccc1N)C[C@@H]1CCCN1C1CCCCCCC1. The molecule has 1 aromatic carbocycles. The summed E-state index contributed by atoms with van der Waals surface area (Å²) in [7, 11) is 0. The minimum Gasteiger partial charge on any atom is -0.397 e. The second kappa shape index (κ2) is 10.5. The van der Waals surface area contributed by atoms with Crippen molar-refractivity contribution in [3.05, 3.63) is 24.3 Å². The van der Waals surface area contributed by atoms with Crippen LogP contribution < -0.4 is 5.73 Å². The standard InChI is InChI=1S/C23H36ClN3/c1-18(17-23(24)26-22-14-8-7-13-21(22)25)16-20-12-9-15-27(20)19-10-5-3-2-4-6-11-19/h7-8,13-14,18-20H,2-6,9-12,15-17,25H2,1H3/b26-23+/t18?,20-/m0/s1. The molecule has 3 nitrogen and oxygen atoms in total. The molecule has 150 valence electrons. The van der Waals surface area contributed by atoms with E-state index in [1.54, 1.807) is 0 Å². The Labute approximate surface area is 170 Å². The fourth-order valence-electron chi connectivity index (χ4n) is 4.96. The number of aliphatic imine (C=N–C) groups is 1. The molecule has 2 aliphatic rings. The number of para-hydroxylation sites is 2. The van der Waals surface area contributed by atoms with E-state index in [4.69, 9.17) is 17.3 Å². The van der Waals surface area contributed by atoms with Gasteiger partial charge in [-0.2, -0.15) is 0 Å². The molecule has 2 atom stereocenters. The van der Waals surface area contributed by atoms with Gasteiger partial charge in [0.15, 0.2) is 0 Å². The minimum atomic E-state index is 0.547. The number of likely N-dealkylation sites (tertiary alicyclic amines) is 1. The van der Waals surface area contributed by atoms with Gasteiger partial charge in [-0.3, -0.25) is 4.90 Å². The van der Waals surface area contributed by atoms with Gasteiger partial charge < -0.3 is 5.73 Å². The van der Waals surface area contributed by atoms with E-state index >= 15 is 0 Å². The van der Waals surface area contributed by atoms with Crippen molar-refractivity contribution in [2.24, 2.45) is 10.9 Å². The monoisotopic (exact) mass is 389 g/mol. The van der Waals surface area contributed by atoms with Crippen LogP contribution >= 0.6 is 11.6 Å². The van der Waals surface area contributed by atoms with Crippen LogP contribution in [0, 0.1) is 5.92 Å². The first-order valence-corrected chi connectivity index (χ1v) is 11.3. The van der Waals surface area contributed by atoms with E-state index in [2.05, 4.69) is 16.8 Å². The molecule has 0 spiro atoms. The van der Waals surface area contributed by atoms with Gasteiger partial charge in [-0.1, -0.05) is 62.8 Å². The topological polar surface area (TPSA) is 41.6 Å². The highest BCUT2D eigenvalue weighted by atomic mass is 35.5. The second-order valence-electron chi connectivity index (χ2n) is 8.62. The number of hydrogen-bond acceptors (Lipinski definition) is 3. The largest absolute Gasteiger partial charge is 0.397 e. The molecule has 1 saturated heterocycles. The van der Waals surface area contributed by atoms with Gasteiger partial charge in [0.1, 0.15) is 5.17 Å². The summed E-state index contributed by atoms with van der Waals surface area (Å²) >= 11 is 6.47. The first-order valence-electron chi connectivity index (χ1n) is 11.0. The van der Waals surface area contributed by atoms with Crippen LogP contribution in [0.15, 0.2) is 29.3 Å². The molecule has 3 rings (SSSR count). The maximum Gasteiger partial charge on any atom is 0.107 e. The maximum absolute atomic E-state index is 6.47. The maximum atomic E-state index is 6.47. The Kier molecular flexibility index (Phi) is 8.02. The Bertz CT molecular complexity index is 607. The lowest BCUT2D eigenvalue weighted by atomic mass is 9.92. The predicted octanol–water partition coefficient (Wildman–Crippen LogP) is 6.53. The quantitative estimate of drug-likeness (QED) is 0.443. The summed E-state index contributed by atoms with van der Waals surface area (Å²) in [5.41, 5.74) is 7.46. The smallest absolute Gasteiger partial charge is 0.107 e. The van der Waals surface area contributed by atoms with Crippen LogP contribution in [0.25, 0.3) is 0 Å². The molecule has 1 unspecified atom stereocenters. The predicted molar refractivity (Wildman–Crippen MR) is 118 cm³/mol. The molecular formula is C23H36ClN3. The van der Waals surface area contributed by atoms with Gasteiger partial charge in [0, 0.05) is 18.5 Å². The summed E-state index contributed by atoms with van der Waals surface area (Å²) in [5, 5.41) is 0.677. The Morgan fingerprint density at radius 2 is 1.81 bits per heavy atom. The lowest BCUT2D eigenvalue weighted by Crippen LogP contribution is -2.40. The number of nitrogen functional groups attached to an aromatic ring is 1. The van der Waals surface area contributed by atoms with E-state index in [0.717, 1.165) is 24.2 Å². The number of nitrogens with two attached hydrogens (primary N) is 1. The van der Waals surface area contributed by atoms with Crippen molar-refractivity contribution in [1.29, 1.82) is 0 Å². The Hall–Kier alpha value is -1.06. The van der Waals surface area contributed by atoms with Crippen LogP contribution in [0.2, 0.25) is 0 Å². The molecule has 1 aliphatic heterocycles. The van der Waals surface area contributed by atoms with E-state index in [1.807, 2.05) is 24.3 Å². The Balaban J connectivity index is 1.54. The van der Waals surface area contributed by atoms with Crippen LogP contribution in [0.4, 0.5) is 11.4 Å². The van der Waals surface area contributed by atoms with Gasteiger partial charge in [-0.05, 0) is 56.7 Å². The Morgan fingerprint density at radius 1 is 1.11 bits per heavy atom. The average molecular weight is 390 g/mol. The number of anilines is 1. The summed E-state index contributed by atoms with van der Waals surface area (Å²) in [5.74, 6) is 0.547. The molecule has 0 bridgehead atoms. The molecule has 2 fully saturated rings. The van der Waals surface area contributed by atoms with Gasteiger partial charge in [0.25, 0.3) is 0 Å². The van der Waals surface area contributed by atoms with Gasteiger partial charge in [-0.25, -0.2) is 4.99 Å². The zero-order chi connectivity index (χ0) is 19.1. The molecule has 2 N–H and O–H groups in total. The number of halogens is 1. The summed E-state index contributed by atoms with van der Waals surface area (Å²) in [6, 6.07) is 9.23. The average Bonchev–Trinajstić information content (AvgIpc) is 3.04. The third-order valence-corrected chi connectivity index (χ3v) is 6.58. The first-order chi connectivity index (χ1) is 13.1. The third kappa shape index (κ3) is 6.22. The zero-order valence-corrected chi connectivity index (χ0v) is 17.6. The molecule has 0 radical (unpaired) electrons. The summed E-state index contributed by atoms with van der Waals surface area (Å²) in [6.45, 7) is 3.62. The van der Waals surface area contributed by atoms with E-state index in [0.29, 0.717) is 16.8 Å². The number of nitrogens with zero attached hydrogens (tertiary/aromatic N) is 2. The molecule has 0 amide bonds. The molecular weight excluding hydrogens is 354 g/mol. The van der Waals surface area contributed by atoms with Crippen LogP contribution in [0.5, 0.6) is 0 Å². The van der Waals surface area contributed by atoms with Crippen molar-refractivity contribution >= 4 is 28.1 Å². The molecule has 1 aromatic rings. The molecule has 0 aromatic heterocycles. The molecule has 27 heavy (non-hydrogen) atoms. The fraction of sp³-hybridized carbons (Fsp3) is 0.696. The number of rotatable bonds is 6. The van der Waals surface area contributed by atoms with Gasteiger partial charge in [0.2, 0.25) is 0 Å². The summed E-state index contributed by atoms with van der Waals surface area (Å²) < 4.78 is 0. The van der Waals surface area contributed by atoms with Crippen molar-refractivity contribution in [2.45, 2.75) is 89.6 Å². The highest BCUT2D eigenvalue weighted by molar-refractivity contribution is 6.65. The van der Waals surface area contributed by atoms with Crippen LogP contribution in [-0.4, -0.2) is 28.7 Å². The van der Waals surface area contributed by atoms with Crippen molar-refractivity contribution in [2.75, 3.05) is 12.3 Å². The zero-order valence-electron chi connectivity index (χ0n) is 16.9. The van der Waals surface area contributed by atoms with E-state index in [-0.39, 0.29) is 0 Å². The van der Waals surface area contributed by atoms with Crippen molar-refractivity contribution in [1.82, 2.24) is 4.90 Å². The third-order valence-electron chi connectivity index (χ3n) is 6.34.